The lowest BCUT2D eigenvalue weighted by molar-refractivity contribution is -0.142. The van der Waals surface area contributed by atoms with Crippen LogP contribution in [-0.4, -0.2) is 23.1 Å². The number of fused-ring (bicyclic) bond motifs is 3. The minimum atomic E-state index is -1.09. The van der Waals surface area contributed by atoms with Crippen molar-refractivity contribution < 1.29 is 19.2 Å². The standard InChI is InChI=1S/C20H20O4/c1-5-6-20-12(4)9-13-14(21)7-10(2)18(23)16(13)17(20)19(24)11(3)8-15(20)22/h5-9,12,16-17H,1-4H3/b6-5+/t12-,16+,17-,20+/m0/s1. The fourth-order valence-corrected chi connectivity index (χ4v) is 4.37. The average molecular weight is 324 g/mol. The summed E-state index contributed by atoms with van der Waals surface area (Å²) in [5.74, 6) is -2.90. The van der Waals surface area contributed by atoms with E-state index in [1.165, 1.54) is 12.2 Å². The van der Waals surface area contributed by atoms with E-state index in [0.717, 1.165) is 0 Å². The molecule has 0 aromatic rings. The third-order valence-corrected chi connectivity index (χ3v) is 5.56. The maximum absolute atomic E-state index is 13.0. The number of Topliss-reactive ketones (excluding diaryl/α,β-unsaturated/α-hetero) is 2. The normalized spacial score (nSPS) is 36.2. The van der Waals surface area contributed by atoms with Gasteiger partial charge in [-0.25, -0.2) is 0 Å². The first kappa shape index (κ1) is 16.5. The maximum Gasteiger partial charge on any atom is 0.182 e. The summed E-state index contributed by atoms with van der Waals surface area (Å²) in [7, 11) is 0. The Morgan fingerprint density at radius 2 is 1.62 bits per heavy atom. The van der Waals surface area contributed by atoms with E-state index in [9.17, 15) is 19.2 Å². The van der Waals surface area contributed by atoms with E-state index in [1.807, 2.05) is 6.92 Å². The van der Waals surface area contributed by atoms with Crippen LogP contribution in [-0.2, 0) is 19.2 Å². The first-order chi connectivity index (χ1) is 11.3. The topological polar surface area (TPSA) is 68.3 Å². The molecular formula is C20H20O4. The van der Waals surface area contributed by atoms with Gasteiger partial charge in [-0.1, -0.05) is 25.2 Å². The highest BCUT2D eigenvalue weighted by Crippen LogP contribution is 2.54. The van der Waals surface area contributed by atoms with Crippen LogP contribution in [0.25, 0.3) is 0 Å². The zero-order chi connectivity index (χ0) is 17.8. The SMILES string of the molecule is C/C=C/[C@@]12C(=O)C=C(C)C(=O)[C@@H]1[C@@H]1C(=O)C(C)=CC(=O)C1=C[C@@H]2C. The lowest BCUT2D eigenvalue weighted by Crippen LogP contribution is -2.56. The van der Waals surface area contributed by atoms with Crippen LogP contribution in [0, 0.1) is 23.2 Å². The van der Waals surface area contributed by atoms with Crippen molar-refractivity contribution in [1.29, 1.82) is 0 Å². The second-order valence-corrected chi connectivity index (χ2v) is 6.91. The van der Waals surface area contributed by atoms with Crippen molar-refractivity contribution in [2.24, 2.45) is 23.2 Å². The molecule has 0 amide bonds. The summed E-state index contributed by atoms with van der Waals surface area (Å²) < 4.78 is 0. The van der Waals surface area contributed by atoms with Gasteiger partial charge in [0.15, 0.2) is 23.1 Å². The summed E-state index contributed by atoms with van der Waals surface area (Å²) in [6, 6.07) is 0. The lowest BCUT2D eigenvalue weighted by atomic mass is 9.50. The maximum atomic E-state index is 13.0. The van der Waals surface area contributed by atoms with Crippen molar-refractivity contribution in [2.75, 3.05) is 0 Å². The van der Waals surface area contributed by atoms with Crippen LogP contribution in [0.3, 0.4) is 0 Å². The summed E-state index contributed by atoms with van der Waals surface area (Å²) in [5, 5.41) is 0. The van der Waals surface area contributed by atoms with Gasteiger partial charge < -0.3 is 0 Å². The van der Waals surface area contributed by atoms with Crippen LogP contribution >= 0.6 is 0 Å². The van der Waals surface area contributed by atoms with E-state index in [4.69, 9.17) is 0 Å². The fourth-order valence-electron chi connectivity index (χ4n) is 4.37. The third-order valence-electron chi connectivity index (χ3n) is 5.56. The smallest absolute Gasteiger partial charge is 0.182 e. The molecule has 3 aliphatic rings. The number of hydrogen-bond acceptors (Lipinski definition) is 4. The van der Waals surface area contributed by atoms with Crippen molar-refractivity contribution >= 4 is 23.1 Å². The highest BCUT2D eigenvalue weighted by atomic mass is 16.2. The number of hydrogen-bond donors (Lipinski definition) is 0. The summed E-state index contributed by atoms with van der Waals surface area (Å²) in [5.41, 5.74) is -0.0313. The Bertz CT molecular complexity index is 805. The van der Waals surface area contributed by atoms with Crippen molar-refractivity contribution in [3.63, 3.8) is 0 Å². The summed E-state index contributed by atoms with van der Waals surface area (Å²) in [6.07, 6.45) is 7.91. The lowest BCUT2D eigenvalue weighted by Gasteiger charge is -2.49. The quantitative estimate of drug-likeness (QED) is 0.695. The Morgan fingerprint density at radius 1 is 1.00 bits per heavy atom. The molecule has 0 aliphatic heterocycles. The van der Waals surface area contributed by atoms with Gasteiger partial charge in [0.05, 0.1) is 17.3 Å². The van der Waals surface area contributed by atoms with Gasteiger partial charge in [-0.05, 0) is 50.0 Å². The molecule has 4 heteroatoms. The van der Waals surface area contributed by atoms with Gasteiger partial charge in [0.25, 0.3) is 0 Å². The van der Waals surface area contributed by atoms with Crippen LogP contribution in [0.1, 0.15) is 27.7 Å². The van der Waals surface area contributed by atoms with Gasteiger partial charge in [-0.15, -0.1) is 0 Å². The molecule has 0 heterocycles. The number of carbonyl (C=O) groups excluding carboxylic acids is 4. The Morgan fingerprint density at radius 3 is 2.25 bits per heavy atom. The van der Waals surface area contributed by atoms with Crippen molar-refractivity contribution in [1.82, 2.24) is 0 Å². The molecule has 0 N–H and O–H groups in total. The van der Waals surface area contributed by atoms with Gasteiger partial charge in [0, 0.05) is 5.57 Å². The van der Waals surface area contributed by atoms with E-state index in [-0.39, 0.29) is 29.1 Å². The van der Waals surface area contributed by atoms with Gasteiger partial charge in [0.1, 0.15) is 0 Å². The molecule has 0 fully saturated rings. The molecule has 4 atom stereocenters. The monoisotopic (exact) mass is 324 g/mol. The molecule has 24 heavy (non-hydrogen) atoms. The van der Waals surface area contributed by atoms with E-state index >= 15 is 0 Å². The summed E-state index contributed by atoms with van der Waals surface area (Å²) in [4.78, 5) is 51.1. The number of carbonyl (C=O) groups is 4. The molecule has 0 bridgehead atoms. The summed E-state index contributed by atoms with van der Waals surface area (Å²) in [6.45, 7) is 6.81. The molecule has 0 aromatic carbocycles. The Labute approximate surface area is 141 Å². The molecule has 3 rings (SSSR count). The molecular weight excluding hydrogens is 304 g/mol. The molecule has 0 saturated carbocycles. The van der Waals surface area contributed by atoms with E-state index in [0.29, 0.717) is 16.7 Å². The molecule has 0 spiro atoms. The molecule has 124 valence electrons. The number of ketones is 4. The van der Waals surface area contributed by atoms with Crippen molar-refractivity contribution in [3.8, 4) is 0 Å². The molecule has 0 unspecified atom stereocenters. The van der Waals surface area contributed by atoms with Gasteiger partial charge >= 0.3 is 0 Å². The fraction of sp³-hybridized carbons (Fsp3) is 0.400. The second kappa shape index (κ2) is 5.33. The van der Waals surface area contributed by atoms with E-state index in [1.54, 1.807) is 39.0 Å². The van der Waals surface area contributed by atoms with Gasteiger partial charge in [0.2, 0.25) is 0 Å². The van der Waals surface area contributed by atoms with Crippen LogP contribution < -0.4 is 0 Å². The highest BCUT2D eigenvalue weighted by Gasteiger charge is 2.60. The zero-order valence-electron chi connectivity index (χ0n) is 14.3. The largest absolute Gasteiger partial charge is 0.294 e. The predicted molar refractivity (Wildman–Crippen MR) is 89.0 cm³/mol. The molecule has 0 aromatic heterocycles. The first-order valence-corrected chi connectivity index (χ1v) is 8.15. The summed E-state index contributed by atoms with van der Waals surface area (Å²) >= 11 is 0. The molecule has 0 radical (unpaired) electrons. The van der Waals surface area contributed by atoms with Crippen LogP contribution in [0.4, 0.5) is 0 Å². The Hall–Kier alpha value is -2.36. The minimum absolute atomic E-state index is 0.169. The van der Waals surface area contributed by atoms with Gasteiger partial charge in [-0.2, -0.15) is 0 Å². The van der Waals surface area contributed by atoms with E-state index < -0.39 is 17.3 Å². The third kappa shape index (κ3) is 1.92. The van der Waals surface area contributed by atoms with Crippen LogP contribution in [0.15, 0.2) is 47.1 Å². The minimum Gasteiger partial charge on any atom is -0.294 e. The van der Waals surface area contributed by atoms with Crippen molar-refractivity contribution in [2.45, 2.75) is 27.7 Å². The first-order valence-electron chi connectivity index (χ1n) is 8.15. The molecule has 3 aliphatic carbocycles. The average Bonchev–Trinajstić information content (AvgIpc) is 2.51. The molecule has 4 nitrogen and oxygen atoms in total. The predicted octanol–water partition coefficient (Wildman–Crippen LogP) is 2.55. The number of allylic oxidation sites excluding steroid dienone is 8. The van der Waals surface area contributed by atoms with Crippen LogP contribution in [0.2, 0.25) is 0 Å². The van der Waals surface area contributed by atoms with E-state index in [2.05, 4.69) is 0 Å². The van der Waals surface area contributed by atoms with Crippen molar-refractivity contribution in [3.05, 3.63) is 47.1 Å². The zero-order valence-corrected chi connectivity index (χ0v) is 14.3. The highest BCUT2D eigenvalue weighted by molar-refractivity contribution is 6.23. The van der Waals surface area contributed by atoms with Crippen LogP contribution in [0.5, 0.6) is 0 Å². The Balaban J connectivity index is 2.34. The number of rotatable bonds is 1. The molecule has 0 saturated heterocycles. The Kier molecular flexibility index (Phi) is 3.67. The van der Waals surface area contributed by atoms with Gasteiger partial charge in [-0.3, -0.25) is 19.2 Å². The second-order valence-electron chi connectivity index (χ2n) is 6.91.